The van der Waals surface area contributed by atoms with Gasteiger partial charge in [-0.25, -0.2) is 0 Å². The summed E-state index contributed by atoms with van der Waals surface area (Å²) in [5.74, 6) is 2.27. The lowest BCUT2D eigenvalue weighted by molar-refractivity contribution is 0.0592. The molecule has 2 aromatic heterocycles. The number of aromatic nitrogens is 4. The molecule has 3 aliphatic rings. The van der Waals surface area contributed by atoms with Gasteiger partial charge in [-0.2, -0.15) is 10.1 Å². The van der Waals surface area contributed by atoms with Crippen molar-refractivity contribution in [2.75, 3.05) is 26.7 Å². The first-order chi connectivity index (χ1) is 14.4. The lowest BCUT2D eigenvalue weighted by Gasteiger charge is -2.39. The molecule has 4 heterocycles. The molecule has 162 valence electrons. The van der Waals surface area contributed by atoms with Crippen LogP contribution in [0.15, 0.2) is 4.52 Å². The number of nitrogens with zero attached hydrogens (tertiary/aromatic N) is 6. The van der Waals surface area contributed by atoms with E-state index in [4.69, 9.17) is 9.51 Å². The van der Waals surface area contributed by atoms with Crippen LogP contribution in [0.1, 0.15) is 83.9 Å². The molecule has 8 heteroatoms. The molecule has 1 aliphatic carbocycles. The van der Waals surface area contributed by atoms with Crippen molar-refractivity contribution >= 4 is 5.91 Å². The molecule has 1 amide bonds. The van der Waals surface area contributed by atoms with Gasteiger partial charge in [-0.05, 0) is 58.4 Å². The summed E-state index contributed by atoms with van der Waals surface area (Å²) in [6.07, 6.45) is 6.69. The zero-order valence-corrected chi connectivity index (χ0v) is 18.5. The Morgan fingerprint density at radius 1 is 1.17 bits per heavy atom. The Labute approximate surface area is 177 Å². The van der Waals surface area contributed by atoms with Gasteiger partial charge in [0.2, 0.25) is 5.89 Å². The number of amides is 1. The summed E-state index contributed by atoms with van der Waals surface area (Å²) in [4.78, 5) is 22.3. The monoisotopic (exact) mass is 412 g/mol. The maximum Gasteiger partial charge on any atom is 0.257 e. The zero-order chi connectivity index (χ0) is 21.0. The summed E-state index contributed by atoms with van der Waals surface area (Å²) in [6.45, 7) is 6.51. The van der Waals surface area contributed by atoms with Gasteiger partial charge in [-0.15, -0.1) is 0 Å². The first-order valence-corrected chi connectivity index (χ1v) is 11.2. The summed E-state index contributed by atoms with van der Waals surface area (Å²) in [7, 11) is 4.06. The predicted molar refractivity (Wildman–Crippen MR) is 111 cm³/mol. The van der Waals surface area contributed by atoms with Gasteiger partial charge in [0, 0.05) is 38.3 Å². The zero-order valence-electron chi connectivity index (χ0n) is 18.5. The highest BCUT2D eigenvalue weighted by Crippen LogP contribution is 2.48. The van der Waals surface area contributed by atoms with Crippen LogP contribution in [-0.4, -0.2) is 62.3 Å². The van der Waals surface area contributed by atoms with E-state index >= 15 is 0 Å². The topological polar surface area (TPSA) is 80.3 Å². The van der Waals surface area contributed by atoms with Crippen molar-refractivity contribution < 1.29 is 9.32 Å². The molecular formula is C22H32N6O2. The average molecular weight is 413 g/mol. The van der Waals surface area contributed by atoms with Crippen LogP contribution in [0.2, 0.25) is 0 Å². The Hall–Kier alpha value is -2.22. The van der Waals surface area contributed by atoms with Crippen LogP contribution in [-0.2, 0) is 7.05 Å². The molecule has 1 saturated carbocycles. The van der Waals surface area contributed by atoms with Crippen LogP contribution in [0.4, 0.5) is 0 Å². The summed E-state index contributed by atoms with van der Waals surface area (Å²) in [5, 5.41) is 8.75. The molecule has 0 radical (unpaired) electrons. The van der Waals surface area contributed by atoms with Crippen molar-refractivity contribution in [2.24, 2.45) is 12.5 Å². The second-order valence-corrected chi connectivity index (χ2v) is 9.72. The fraction of sp³-hybridized carbons (Fsp3) is 0.727. The van der Waals surface area contributed by atoms with E-state index < -0.39 is 0 Å². The number of piperidine rings is 1. The van der Waals surface area contributed by atoms with Gasteiger partial charge in [0.15, 0.2) is 5.82 Å². The van der Waals surface area contributed by atoms with Crippen molar-refractivity contribution in [3.05, 3.63) is 28.7 Å². The Morgan fingerprint density at radius 3 is 2.50 bits per heavy atom. The van der Waals surface area contributed by atoms with Crippen LogP contribution < -0.4 is 0 Å². The lowest BCUT2D eigenvalue weighted by atomic mass is 9.76. The van der Waals surface area contributed by atoms with E-state index in [1.54, 1.807) is 4.68 Å². The Morgan fingerprint density at radius 2 is 1.90 bits per heavy atom. The summed E-state index contributed by atoms with van der Waals surface area (Å²) in [5.41, 5.74) is 2.76. The molecule has 2 aromatic rings. The predicted octanol–water partition coefficient (Wildman–Crippen LogP) is 2.99. The Bertz CT molecular complexity index is 951. The molecule has 1 spiro atoms. The summed E-state index contributed by atoms with van der Waals surface area (Å²) >= 11 is 0. The first-order valence-electron chi connectivity index (χ1n) is 11.2. The number of carbonyl (C=O) groups is 1. The van der Waals surface area contributed by atoms with E-state index in [0.717, 1.165) is 67.6 Å². The number of carbonyl (C=O) groups excluding carboxylic acids is 1. The van der Waals surface area contributed by atoms with Crippen LogP contribution in [0.3, 0.4) is 0 Å². The Balaban J connectivity index is 1.25. The minimum atomic E-state index is 0.124. The Kier molecular flexibility index (Phi) is 4.72. The number of hydrogen-bond donors (Lipinski definition) is 0. The van der Waals surface area contributed by atoms with Crippen molar-refractivity contribution in [2.45, 2.75) is 64.3 Å². The van der Waals surface area contributed by atoms with Crippen LogP contribution >= 0.6 is 0 Å². The largest absolute Gasteiger partial charge is 0.339 e. The van der Waals surface area contributed by atoms with E-state index in [2.05, 4.69) is 22.2 Å². The van der Waals surface area contributed by atoms with E-state index in [9.17, 15) is 4.79 Å². The van der Waals surface area contributed by atoms with Gasteiger partial charge in [0.05, 0.1) is 17.3 Å². The quantitative estimate of drug-likeness (QED) is 0.771. The van der Waals surface area contributed by atoms with Gasteiger partial charge in [-0.3, -0.25) is 14.4 Å². The maximum atomic E-state index is 13.1. The van der Waals surface area contributed by atoms with Crippen LogP contribution in [0, 0.1) is 19.3 Å². The van der Waals surface area contributed by atoms with Crippen LogP contribution in [0.25, 0.3) is 0 Å². The number of aryl methyl sites for hydroxylation is 2. The highest BCUT2D eigenvalue weighted by Gasteiger charge is 2.47. The molecule has 0 N–H and O–H groups in total. The molecule has 5 rings (SSSR count). The van der Waals surface area contributed by atoms with E-state index in [-0.39, 0.29) is 17.4 Å². The molecule has 2 aliphatic heterocycles. The highest BCUT2D eigenvalue weighted by molar-refractivity contribution is 5.96. The third-order valence-electron chi connectivity index (χ3n) is 7.79. The average Bonchev–Trinajstić information content (AvgIpc) is 3.32. The molecule has 3 fully saturated rings. The minimum Gasteiger partial charge on any atom is -0.339 e. The van der Waals surface area contributed by atoms with Crippen molar-refractivity contribution in [3.8, 4) is 0 Å². The molecule has 2 saturated heterocycles. The minimum absolute atomic E-state index is 0.124. The SMILES string of the molecule is Cc1nn(C)c(C)c1C(=O)N1CCC2(CC1)CC(c1noc(C3CCC3)n1)N(C)C2. The molecule has 30 heavy (non-hydrogen) atoms. The van der Waals surface area contributed by atoms with E-state index in [0.29, 0.717) is 5.92 Å². The van der Waals surface area contributed by atoms with Gasteiger partial charge in [0.1, 0.15) is 0 Å². The van der Waals surface area contributed by atoms with Gasteiger partial charge in [0.25, 0.3) is 5.91 Å². The second-order valence-electron chi connectivity index (χ2n) is 9.72. The standard InChI is InChI=1S/C22H32N6O2/c1-14-18(15(2)27(4)24-14)21(29)28-10-8-22(9-11-28)12-17(26(3)13-22)19-23-20(30-25-19)16-6-5-7-16/h16-17H,5-13H2,1-4H3. The summed E-state index contributed by atoms with van der Waals surface area (Å²) < 4.78 is 7.38. The fourth-order valence-electron chi connectivity index (χ4n) is 5.55. The van der Waals surface area contributed by atoms with E-state index in [1.807, 2.05) is 25.8 Å². The molecule has 1 atom stereocenters. The van der Waals surface area contributed by atoms with Crippen molar-refractivity contribution in [1.29, 1.82) is 0 Å². The first kappa shape index (κ1) is 19.7. The third kappa shape index (κ3) is 3.16. The van der Waals surface area contributed by atoms with Crippen molar-refractivity contribution in [1.82, 2.24) is 29.7 Å². The third-order valence-corrected chi connectivity index (χ3v) is 7.79. The number of likely N-dealkylation sites (tertiary alicyclic amines) is 2. The van der Waals surface area contributed by atoms with Gasteiger partial charge in [-0.1, -0.05) is 11.6 Å². The lowest BCUT2D eigenvalue weighted by Crippen LogP contribution is -2.44. The van der Waals surface area contributed by atoms with Gasteiger partial charge >= 0.3 is 0 Å². The molecule has 0 aromatic carbocycles. The smallest absolute Gasteiger partial charge is 0.257 e. The highest BCUT2D eigenvalue weighted by atomic mass is 16.5. The van der Waals surface area contributed by atoms with Crippen LogP contribution in [0.5, 0.6) is 0 Å². The molecule has 8 nitrogen and oxygen atoms in total. The van der Waals surface area contributed by atoms with Crippen molar-refractivity contribution in [3.63, 3.8) is 0 Å². The normalized spacial score (nSPS) is 24.5. The summed E-state index contributed by atoms with van der Waals surface area (Å²) in [6, 6.07) is 0.215. The second kappa shape index (κ2) is 7.18. The molecular weight excluding hydrogens is 380 g/mol. The van der Waals surface area contributed by atoms with Gasteiger partial charge < -0.3 is 9.42 Å². The molecule has 1 unspecified atom stereocenters. The maximum absolute atomic E-state index is 13.1. The van der Waals surface area contributed by atoms with E-state index in [1.165, 1.54) is 19.3 Å². The molecule has 0 bridgehead atoms. The fourth-order valence-corrected chi connectivity index (χ4v) is 5.55. The number of rotatable bonds is 3. The number of hydrogen-bond acceptors (Lipinski definition) is 6.